The molecule has 0 aliphatic heterocycles. The highest BCUT2D eigenvalue weighted by atomic mass is 35.5. The molecule has 0 aromatic heterocycles. The standard InChI is InChI=1S/C12H12ClF2NO3/c1-19-12(18)8(13)6-16-11(17)5-7-2-3-9(14)10(15)4-7/h2-4,8H,5-6H2,1H3,(H,16,17). The van der Waals surface area contributed by atoms with Crippen molar-refractivity contribution >= 4 is 23.5 Å². The molecule has 7 heteroatoms. The second kappa shape index (κ2) is 7.04. The molecule has 0 fully saturated rings. The summed E-state index contributed by atoms with van der Waals surface area (Å²) in [6, 6.07) is 3.18. The van der Waals surface area contributed by atoms with Gasteiger partial charge >= 0.3 is 5.97 Å². The third-order valence-electron chi connectivity index (χ3n) is 2.28. The summed E-state index contributed by atoms with van der Waals surface area (Å²) in [7, 11) is 1.18. The van der Waals surface area contributed by atoms with E-state index in [1.54, 1.807) is 0 Å². The second-order valence-corrected chi connectivity index (χ2v) is 4.25. The number of hydrogen-bond acceptors (Lipinski definition) is 3. The summed E-state index contributed by atoms with van der Waals surface area (Å²) in [6.45, 7) is -0.100. The van der Waals surface area contributed by atoms with Crippen molar-refractivity contribution in [3.8, 4) is 0 Å². The first kappa shape index (κ1) is 15.4. The quantitative estimate of drug-likeness (QED) is 0.659. The molecule has 1 amide bonds. The number of alkyl halides is 1. The maximum absolute atomic E-state index is 12.9. The summed E-state index contributed by atoms with van der Waals surface area (Å²) in [5.41, 5.74) is 0.320. The van der Waals surface area contributed by atoms with Crippen LogP contribution in [0.2, 0.25) is 0 Å². The molecule has 0 bridgehead atoms. The molecule has 1 unspecified atom stereocenters. The predicted octanol–water partition coefficient (Wildman–Crippen LogP) is 1.40. The molecule has 0 aliphatic rings. The predicted molar refractivity (Wildman–Crippen MR) is 64.7 cm³/mol. The van der Waals surface area contributed by atoms with E-state index < -0.39 is 28.9 Å². The SMILES string of the molecule is COC(=O)C(Cl)CNC(=O)Cc1ccc(F)c(F)c1. The van der Waals surface area contributed by atoms with Crippen molar-refractivity contribution in [3.63, 3.8) is 0 Å². The molecule has 1 rings (SSSR count). The van der Waals surface area contributed by atoms with Crippen LogP contribution in [0.5, 0.6) is 0 Å². The second-order valence-electron chi connectivity index (χ2n) is 3.72. The molecule has 1 aromatic carbocycles. The molecular formula is C12H12ClF2NO3. The largest absolute Gasteiger partial charge is 0.468 e. The molecule has 104 valence electrons. The minimum Gasteiger partial charge on any atom is -0.468 e. The van der Waals surface area contributed by atoms with Crippen molar-refractivity contribution in [2.24, 2.45) is 0 Å². The highest BCUT2D eigenvalue weighted by molar-refractivity contribution is 6.30. The van der Waals surface area contributed by atoms with Crippen LogP contribution in [0.3, 0.4) is 0 Å². The average molecular weight is 292 g/mol. The Kier molecular flexibility index (Phi) is 5.69. The van der Waals surface area contributed by atoms with Gasteiger partial charge in [0.25, 0.3) is 0 Å². The highest BCUT2D eigenvalue weighted by Crippen LogP contribution is 2.09. The Morgan fingerprint density at radius 1 is 1.37 bits per heavy atom. The first-order chi connectivity index (χ1) is 8.93. The number of carbonyl (C=O) groups is 2. The lowest BCUT2D eigenvalue weighted by atomic mass is 10.1. The van der Waals surface area contributed by atoms with Crippen LogP contribution in [0.1, 0.15) is 5.56 Å². The number of benzene rings is 1. The van der Waals surface area contributed by atoms with Crippen molar-refractivity contribution in [3.05, 3.63) is 35.4 Å². The first-order valence-electron chi connectivity index (χ1n) is 5.36. The molecule has 1 N–H and O–H groups in total. The van der Waals surface area contributed by atoms with Crippen LogP contribution >= 0.6 is 11.6 Å². The molecule has 0 saturated heterocycles. The Balaban J connectivity index is 2.47. The summed E-state index contributed by atoms with van der Waals surface area (Å²) in [4.78, 5) is 22.5. The zero-order valence-corrected chi connectivity index (χ0v) is 10.8. The number of amides is 1. The molecule has 0 heterocycles. The number of nitrogens with one attached hydrogen (secondary N) is 1. The summed E-state index contributed by atoms with van der Waals surface area (Å²) in [5, 5.41) is 1.41. The number of ether oxygens (including phenoxy) is 1. The lowest BCUT2D eigenvalue weighted by molar-refractivity contribution is -0.140. The lowest BCUT2D eigenvalue weighted by Gasteiger charge is -2.09. The van der Waals surface area contributed by atoms with Crippen molar-refractivity contribution in [1.82, 2.24) is 5.32 Å². The number of hydrogen-bond donors (Lipinski definition) is 1. The van der Waals surface area contributed by atoms with Gasteiger partial charge in [-0.15, -0.1) is 11.6 Å². The minimum atomic E-state index is -1.02. The molecule has 4 nitrogen and oxygen atoms in total. The maximum atomic E-state index is 12.9. The fourth-order valence-electron chi connectivity index (χ4n) is 1.31. The van der Waals surface area contributed by atoms with Gasteiger partial charge in [-0.2, -0.15) is 0 Å². The van der Waals surface area contributed by atoms with Crippen LogP contribution in [0.25, 0.3) is 0 Å². The highest BCUT2D eigenvalue weighted by Gasteiger charge is 2.16. The van der Waals surface area contributed by atoms with Crippen LogP contribution in [0.15, 0.2) is 18.2 Å². The number of rotatable bonds is 5. The summed E-state index contributed by atoms with van der Waals surface area (Å²) >= 11 is 5.63. The van der Waals surface area contributed by atoms with E-state index in [-0.39, 0.29) is 13.0 Å². The van der Waals surface area contributed by atoms with Crippen molar-refractivity contribution in [2.75, 3.05) is 13.7 Å². The van der Waals surface area contributed by atoms with Crippen molar-refractivity contribution in [1.29, 1.82) is 0 Å². The van der Waals surface area contributed by atoms with Gasteiger partial charge in [0.05, 0.1) is 13.5 Å². The molecule has 0 saturated carbocycles. The van der Waals surface area contributed by atoms with Gasteiger partial charge in [-0.25, -0.2) is 8.78 Å². The van der Waals surface area contributed by atoms with E-state index in [9.17, 15) is 18.4 Å². The Morgan fingerprint density at radius 3 is 2.63 bits per heavy atom. The molecular weight excluding hydrogens is 280 g/mol. The Labute approximate surface area is 113 Å². The van der Waals surface area contributed by atoms with Crippen molar-refractivity contribution in [2.45, 2.75) is 11.8 Å². The van der Waals surface area contributed by atoms with E-state index in [4.69, 9.17) is 11.6 Å². The van der Waals surface area contributed by atoms with Gasteiger partial charge in [0, 0.05) is 6.54 Å². The van der Waals surface area contributed by atoms with Crippen LogP contribution in [-0.4, -0.2) is 30.9 Å². The summed E-state index contributed by atoms with van der Waals surface area (Å²) < 4.78 is 30.0. The first-order valence-corrected chi connectivity index (χ1v) is 5.80. The zero-order chi connectivity index (χ0) is 14.4. The fourth-order valence-corrected chi connectivity index (χ4v) is 1.48. The average Bonchev–Trinajstić information content (AvgIpc) is 2.39. The normalized spacial score (nSPS) is 11.8. The maximum Gasteiger partial charge on any atom is 0.325 e. The third kappa shape index (κ3) is 4.82. The van der Waals surface area contributed by atoms with E-state index in [1.807, 2.05) is 0 Å². The van der Waals surface area contributed by atoms with E-state index in [0.717, 1.165) is 12.1 Å². The van der Waals surface area contributed by atoms with Gasteiger partial charge < -0.3 is 10.1 Å². The van der Waals surface area contributed by atoms with E-state index in [2.05, 4.69) is 10.1 Å². The van der Waals surface area contributed by atoms with Crippen LogP contribution in [0.4, 0.5) is 8.78 Å². The Bertz CT molecular complexity index is 482. The Morgan fingerprint density at radius 2 is 2.05 bits per heavy atom. The minimum absolute atomic E-state index is 0.100. The summed E-state index contributed by atoms with van der Waals surface area (Å²) in [6.07, 6.45) is -0.137. The topological polar surface area (TPSA) is 55.4 Å². The summed E-state index contributed by atoms with van der Waals surface area (Å²) in [5.74, 6) is -3.11. The number of methoxy groups -OCH3 is 1. The van der Waals surface area contributed by atoms with Gasteiger partial charge in [-0.1, -0.05) is 6.07 Å². The molecule has 0 radical (unpaired) electrons. The van der Waals surface area contributed by atoms with Gasteiger partial charge in [-0.3, -0.25) is 9.59 Å². The lowest BCUT2D eigenvalue weighted by Crippen LogP contribution is -2.35. The third-order valence-corrected chi connectivity index (χ3v) is 2.62. The number of esters is 1. The van der Waals surface area contributed by atoms with E-state index >= 15 is 0 Å². The van der Waals surface area contributed by atoms with Crippen LogP contribution in [-0.2, 0) is 20.7 Å². The van der Waals surface area contributed by atoms with Gasteiger partial charge in [0.1, 0.15) is 5.38 Å². The number of carbonyl (C=O) groups excluding carboxylic acids is 2. The fraction of sp³-hybridized carbons (Fsp3) is 0.333. The number of halogens is 3. The molecule has 1 atom stereocenters. The van der Waals surface area contributed by atoms with Crippen LogP contribution < -0.4 is 5.32 Å². The smallest absolute Gasteiger partial charge is 0.325 e. The van der Waals surface area contributed by atoms with Crippen LogP contribution in [0, 0.1) is 11.6 Å². The van der Waals surface area contributed by atoms with Gasteiger partial charge in [0.15, 0.2) is 11.6 Å². The van der Waals surface area contributed by atoms with E-state index in [1.165, 1.54) is 13.2 Å². The van der Waals surface area contributed by atoms with Gasteiger partial charge in [-0.05, 0) is 17.7 Å². The van der Waals surface area contributed by atoms with Crippen molar-refractivity contribution < 1.29 is 23.1 Å². The molecule has 1 aromatic rings. The van der Waals surface area contributed by atoms with Gasteiger partial charge in [0.2, 0.25) is 5.91 Å². The molecule has 0 spiro atoms. The van der Waals surface area contributed by atoms with E-state index in [0.29, 0.717) is 5.56 Å². The monoisotopic (exact) mass is 291 g/mol. The molecule has 0 aliphatic carbocycles. The zero-order valence-electron chi connectivity index (χ0n) is 10.1. The Hall–Kier alpha value is -1.69. The molecule has 19 heavy (non-hydrogen) atoms.